The molecule has 0 aliphatic carbocycles. The number of carboxylic acid groups (broad SMARTS) is 1. The van der Waals surface area contributed by atoms with Crippen molar-refractivity contribution in [3.8, 4) is 0 Å². The van der Waals surface area contributed by atoms with Crippen LogP contribution >= 0.6 is 15.9 Å². The number of hydrogen-bond donors (Lipinski definition) is 2. The highest BCUT2D eigenvalue weighted by Gasteiger charge is 2.77. The van der Waals surface area contributed by atoms with Gasteiger partial charge >= 0.3 is 5.97 Å². The van der Waals surface area contributed by atoms with Crippen molar-refractivity contribution in [1.29, 1.82) is 0 Å². The van der Waals surface area contributed by atoms with Gasteiger partial charge in [-0.15, -0.1) is 6.58 Å². The number of likely N-dealkylation sites (tertiary alicyclic amines) is 1. The van der Waals surface area contributed by atoms with E-state index < -0.39 is 47.5 Å². The number of aliphatic hydroxyl groups is 1. The van der Waals surface area contributed by atoms with Crippen molar-refractivity contribution >= 4 is 33.7 Å². The molecule has 2 bridgehead atoms. The maximum Gasteiger partial charge on any atom is 0.310 e. The highest BCUT2D eigenvalue weighted by atomic mass is 79.9. The van der Waals surface area contributed by atoms with E-state index in [0.29, 0.717) is 19.4 Å². The van der Waals surface area contributed by atoms with Crippen molar-refractivity contribution in [2.75, 3.05) is 13.2 Å². The number of aliphatic carboxylic acids is 1. The smallest absolute Gasteiger partial charge is 0.310 e. The van der Waals surface area contributed by atoms with E-state index in [9.17, 15) is 24.6 Å². The minimum absolute atomic E-state index is 0.143. The van der Waals surface area contributed by atoms with Crippen LogP contribution in [-0.2, 0) is 19.1 Å². The second-order valence-corrected chi connectivity index (χ2v) is 9.54. The Balaban J connectivity index is 2.14. The fourth-order valence-corrected chi connectivity index (χ4v) is 6.23. The first kappa shape index (κ1) is 22.2. The molecule has 162 valence electrons. The molecule has 3 saturated heterocycles. The lowest BCUT2D eigenvalue weighted by Crippen LogP contribution is -2.59. The first-order valence-electron chi connectivity index (χ1n) is 10.0. The molecule has 1 unspecified atom stereocenters. The summed E-state index contributed by atoms with van der Waals surface area (Å²) in [6, 6.07) is -1.70. The minimum atomic E-state index is -1.22. The van der Waals surface area contributed by atoms with Crippen molar-refractivity contribution < 1.29 is 29.3 Å². The normalized spacial score (nSPS) is 36.4. The van der Waals surface area contributed by atoms with Gasteiger partial charge in [-0.3, -0.25) is 14.4 Å². The Bertz CT molecular complexity index is 711. The van der Waals surface area contributed by atoms with E-state index in [1.165, 1.54) is 4.90 Å². The first-order chi connectivity index (χ1) is 13.7. The summed E-state index contributed by atoms with van der Waals surface area (Å²) in [5.41, 5.74) is -1.22. The van der Waals surface area contributed by atoms with Crippen LogP contribution in [0.15, 0.2) is 12.7 Å². The number of amides is 2. The zero-order chi connectivity index (χ0) is 21.7. The molecule has 0 aromatic carbocycles. The highest BCUT2D eigenvalue weighted by Crippen LogP contribution is 2.60. The number of carbonyl (C=O) groups is 3. The van der Waals surface area contributed by atoms with Crippen LogP contribution < -0.4 is 0 Å². The Morgan fingerprint density at radius 2 is 2.14 bits per heavy atom. The molecule has 29 heavy (non-hydrogen) atoms. The summed E-state index contributed by atoms with van der Waals surface area (Å²) in [5.74, 6) is -3.78. The maximum atomic E-state index is 13.7. The second-order valence-electron chi connectivity index (χ2n) is 8.36. The van der Waals surface area contributed by atoms with Crippen LogP contribution in [0.5, 0.6) is 0 Å². The molecule has 0 saturated carbocycles. The molecule has 0 radical (unpaired) electrons. The molecule has 3 fully saturated rings. The Morgan fingerprint density at radius 3 is 2.62 bits per heavy atom. The number of ether oxygens (including phenoxy) is 1. The molecular weight excluding hydrogens is 444 g/mol. The Morgan fingerprint density at radius 1 is 1.48 bits per heavy atom. The third-order valence-electron chi connectivity index (χ3n) is 6.55. The highest BCUT2D eigenvalue weighted by molar-refractivity contribution is 9.09. The number of nitrogens with zero attached hydrogens (tertiary/aromatic N) is 2. The van der Waals surface area contributed by atoms with Crippen LogP contribution in [-0.4, -0.2) is 85.6 Å². The lowest BCUT2D eigenvalue weighted by atomic mass is 9.70. The Hall–Kier alpha value is -1.45. The van der Waals surface area contributed by atoms with Crippen LogP contribution in [0, 0.1) is 11.8 Å². The summed E-state index contributed by atoms with van der Waals surface area (Å²) in [6.07, 6.45) is 1.77. The Kier molecular flexibility index (Phi) is 6.13. The predicted molar refractivity (Wildman–Crippen MR) is 108 cm³/mol. The van der Waals surface area contributed by atoms with Gasteiger partial charge in [0.2, 0.25) is 11.8 Å². The molecule has 9 heteroatoms. The predicted octanol–water partition coefficient (Wildman–Crippen LogP) is 1.01. The molecule has 3 aliphatic rings. The van der Waals surface area contributed by atoms with E-state index in [-0.39, 0.29) is 23.4 Å². The zero-order valence-corrected chi connectivity index (χ0v) is 18.5. The van der Waals surface area contributed by atoms with E-state index in [0.717, 1.165) is 0 Å². The van der Waals surface area contributed by atoms with E-state index in [1.54, 1.807) is 11.0 Å². The molecular formula is C20H29BrN2O6. The van der Waals surface area contributed by atoms with Gasteiger partial charge in [-0.05, 0) is 26.7 Å². The summed E-state index contributed by atoms with van der Waals surface area (Å²) in [5, 5.41) is 19.7. The molecule has 0 aromatic rings. The first-order valence-corrected chi connectivity index (χ1v) is 11.0. The van der Waals surface area contributed by atoms with Crippen LogP contribution in [0.25, 0.3) is 0 Å². The maximum absolute atomic E-state index is 13.7. The number of aliphatic hydroxyl groups excluding tert-OH is 1. The molecule has 2 amide bonds. The van der Waals surface area contributed by atoms with Crippen molar-refractivity contribution in [2.24, 2.45) is 11.8 Å². The molecule has 3 aliphatic heterocycles. The van der Waals surface area contributed by atoms with Gasteiger partial charge in [0.15, 0.2) is 0 Å². The van der Waals surface area contributed by atoms with Gasteiger partial charge in [0.05, 0.1) is 30.6 Å². The van der Waals surface area contributed by atoms with E-state index >= 15 is 0 Å². The van der Waals surface area contributed by atoms with Gasteiger partial charge in [-0.1, -0.05) is 28.9 Å². The quantitative estimate of drug-likeness (QED) is 0.403. The molecule has 7 atom stereocenters. The van der Waals surface area contributed by atoms with E-state index in [1.807, 2.05) is 20.8 Å². The van der Waals surface area contributed by atoms with Gasteiger partial charge in [0.1, 0.15) is 11.6 Å². The monoisotopic (exact) mass is 472 g/mol. The number of alkyl halides is 1. The number of carbonyl (C=O) groups excluding carboxylic acids is 2. The lowest BCUT2D eigenvalue weighted by Gasteiger charge is -2.40. The van der Waals surface area contributed by atoms with Gasteiger partial charge in [-0.2, -0.15) is 0 Å². The van der Waals surface area contributed by atoms with Crippen molar-refractivity contribution in [1.82, 2.24) is 9.80 Å². The largest absolute Gasteiger partial charge is 0.481 e. The van der Waals surface area contributed by atoms with Gasteiger partial charge in [0, 0.05) is 17.4 Å². The average molecular weight is 473 g/mol. The summed E-state index contributed by atoms with van der Waals surface area (Å²) < 4.78 is 6.21. The number of rotatable bonds is 8. The van der Waals surface area contributed by atoms with E-state index in [4.69, 9.17) is 4.74 Å². The number of fused-ring (bicyclic) bond motifs is 1. The van der Waals surface area contributed by atoms with Crippen LogP contribution in [0.1, 0.15) is 33.6 Å². The number of hydrogen-bond acceptors (Lipinski definition) is 5. The third kappa shape index (κ3) is 3.13. The summed E-state index contributed by atoms with van der Waals surface area (Å²) >= 11 is 3.51. The molecule has 0 aromatic heterocycles. The molecule has 3 heterocycles. The van der Waals surface area contributed by atoms with E-state index in [2.05, 4.69) is 22.5 Å². The van der Waals surface area contributed by atoms with Gasteiger partial charge < -0.3 is 24.7 Å². The lowest BCUT2D eigenvalue weighted by molar-refractivity contribution is -0.154. The fraction of sp³-hybridized carbons (Fsp3) is 0.750. The minimum Gasteiger partial charge on any atom is -0.481 e. The second kappa shape index (κ2) is 8.00. The summed E-state index contributed by atoms with van der Waals surface area (Å²) in [4.78, 5) is 42.0. The molecule has 3 rings (SSSR count). The topological polar surface area (TPSA) is 107 Å². The van der Waals surface area contributed by atoms with Gasteiger partial charge in [-0.25, -0.2) is 0 Å². The Labute approximate surface area is 179 Å². The van der Waals surface area contributed by atoms with Crippen LogP contribution in [0.2, 0.25) is 0 Å². The molecule has 8 nitrogen and oxygen atoms in total. The van der Waals surface area contributed by atoms with Crippen LogP contribution in [0.3, 0.4) is 0 Å². The molecule has 2 N–H and O–H groups in total. The SMILES string of the molecule is C=CCN(C(=O)[C@H]1N([C@@H](CC)CO)C(=O)[C@@H]2[C@@H](C(=O)O)[C@@H]3O[C@@]21CC3Br)C(C)C. The summed E-state index contributed by atoms with van der Waals surface area (Å²) in [6.45, 7) is 9.29. The number of halogens is 1. The summed E-state index contributed by atoms with van der Waals surface area (Å²) in [7, 11) is 0. The van der Waals surface area contributed by atoms with Crippen molar-refractivity contribution in [3.05, 3.63) is 12.7 Å². The number of carboxylic acids is 1. The van der Waals surface area contributed by atoms with Gasteiger partial charge in [0.25, 0.3) is 0 Å². The standard InChI is InChI=1S/C20H29BrN2O6/c1-5-7-22(10(3)4)18(26)16-20-8-12(21)15(29-20)13(19(27)28)14(20)17(25)23(16)11(6-2)9-24/h5,10-16,24H,1,6-9H2,2-4H3,(H,27,28)/t11-,12?,13+,14-,15+,16+,20-/m0/s1. The van der Waals surface area contributed by atoms with Crippen LogP contribution in [0.4, 0.5) is 0 Å². The average Bonchev–Trinajstić information content (AvgIpc) is 3.24. The fourth-order valence-electron chi connectivity index (χ4n) is 5.29. The van der Waals surface area contributed by atoms with Crippen molar-refractivity contribution in [3.63, 3.8) is 0 Å². The third-order valence-corrected chi connectivity index (χ3v) is 7.40. The van der Waals surface area contributed by atoms with Crippen molar-refractivity contribution in [2.45, 2.75) is 68.3 Å². The molecule has 1 spiro atoms. The zero-order valence-electron chi connectivity index (χ0n) is 17.0.